The number of nitrogens with zero attached hydrogens (tertiary/aromatic N) is 2. The molecule has 2 aromatic carbocycles. The number of aromatic amines is 1. The summed E-state index contributed by atoms with van der Waals surface area (Å²) >= 11 is 0. The van der Waals surface area contributed by atoms with Crippen LogP contribution < -0.4 is 0 Å². The van der Waals surface area contributed by atoms with E-state index in [1.54, 1.807) is 0 Å². The average molecular weight is 331 g/mol. The van der Waals surface area contributed by atoms with Crippen LogP contribution >= 0.6 is 0 Å². The lowest BCUT2D eigenvalue weighted by atomic mass is 9.89. The number of benzene rings is 2. The molecule has 2 heterocycles. The first-order valence-electron chi connectivity index (χ1n) is 9.61. The van der Waals surface area contributed by atoms with Crippen LogP contribution in [0.15, 0.2) is 48.7 Å². The zero-order chi connectivity index (χ0) is 16.6. The van der Waals surface area contributed by atoms with Crippen LogP contribution in [0.3, 0.4) is 0 Å². The van der Waals surface area contributed by atoms with Gasteiger partial charge in [0.2, 0.25) is 0 Å². The standard InChI is InChI=1S/C22H25N3/c1-2-4-19-13-20(8-7-17(19)3-1)21-14-23-24-22(21)18-9-11-25(12-10-18)15-16-5-6-16/h1-4,7-8,13-14,16,18H,5-6,9-12,15H2,(H,23,24). The molecule has 0 bridgehead atoms. The van der Waals surface area contributed by atoms with E-state index >= 15 is 0 Å². The molecular formula is C22H25N3. The van der Waals surface area contributed by atoms with Gasteiger partial charge in [0.1, 0.15) is 0 Å². The minimum atomic E-state index is 0.611. The van der Waals surface area contributed by atoms with Gasteiger partial charge in [-0.2, -0.15) is 5.10 Å². The Morgan fingerprint density at radius 1 is 0.960 bits per heavy atom. The van der Waals surface area contributed by atoms with Gasteiger partial charge in [0.05, 0.1) is 6.20 Å². The number of aromatic nitrogens is 2. The molecule has 25 heavy (non-hydrogen) atoms. The second-order valence-electron chi connectivity index (χ2n) is 7.78. The van der Waals surface area contributed by atoms with Crippen LogP contribution in [-0.4, -0.2) is 34.7 Å². The maximum Gasteiger partial charge on any atom is 0.0568 e. The number of likely N-dealkylation sites (tertiary alicyclic amines) is 1. The van der Waals surface area contributed by atoms with E-state index in [9.17, 15) is 0 Å². The summed E-state index contributed by atoms with van der Waals surface area (Å²) in [6.07, 6.45) is 7.40. The summed E-state index contributed by atoms with van der Waals surface area (Å²) in [7, 11) is 0. The van der Waals surface area contributed by atoms with Gasteiger partial charge in [0, 0.05) is 23.7 Å². The molecule has 1 aliphatic heterocycles. The molecule has 1 N–H and O–H groups in total. The van der Waals surface area contributed by atoms with Gasteiger partial charge in [-0.1, -0.05) is 36.4 Å². The van der Waals surface area contributed by atoms with Crippen LogP contribution in [-0.2, 0) is 0 Å². The second-order valence-corrected chi connectivity index (χ2v) is 7.78. The Hall–Kier alpha value is -2.13. The molecule has 3 nitrogen and oxygen atoms in total. The fourth-order valence-corrected chi connectivity index (χ4v) is 4.26. The minimum absolute atomic E-state index is 0.611. The van der Waals surface area contributed by atoms with Crippen LogP contribution in [0.25, 0.3) is 21.9 Å². The van der Waals surface area contributed by atoms with Crippen LogP contribution in [0.4, 0.5) is 0 Å². The van der Waals surface area contributed by atoms with Crippen molar-refractivity contribution in [1.82, 2.24) is 15.1 Å². The lowest BCUT2D eigenvalue weighted by molar-refractivity contribution is 0.203. The van der Waals surface area contributed by atoms with E-state index in [4.69, 9.17) is 0 Å². The first-order valence-corrected chi connectivity index (χ1v) is 9.61. The number of fused-ring (bicyclic) bond motifs is 1. The van der Waals surface area contributed by atoms with E-state index in [0.29, 0.717) is 5.92 Å². The van der Waals surface area contributed by atoms with E-state index in [-0.39, 0.29) is 0 Å². The van der Waals surface area contributed by atoms with Crippen molar-refractivity contribution in [1.29, 1.82) is 0 Å². The maximum atomic E-state index is 4.39. The summed E-state index contributed by atoms with van der Waals surface area (Å²) in [5.41, 5.74) is 3.90. The molecule has 0 spiro atoms. The molecule has 2 fully saturated rings. The molecule has 1 saturated carbocycles. The third-order valence-electron chi connectivity index (χ3n) is 5.94. The summed E-state index contributed by atoms with van der Waals surface area (Å²) in [6.45, 7) is 3.79. The fourth-order valence-electron chi connectivity index (χ4n) is 4.26. The maximum absolute atomic E-state index is 4.39. The van der Waals surface area contributed by atoms with E-state index in [1.807, 2.05) is 6.20 Å². The number of hydrogen-bond acceptors (Lipinski definition) is 2. The second kappa shape index (κ2) is 6.30. The zero-order valence-corrected chi connectivity index (χ0v) is 14.6. The highest BCUT2D eigenvalue weighted by molar-refractivity contribution is 5.87. The van der Waals surface area contributed by atoms with Crippen molar-refractivity contribution in [3.63, 3.8) is 0 Å². The molecule has 0 radical (unpaired) electrons. The van der Waals surface area contributed by atoms with E-state index < -0.39 is 0 Å². The first kappa shape index (κ1) is 15.2. The van der Waals surface area contributed by atoms with E-state index in [2.05, 4.69) is 57.6 Å². The highest BCUT2D eigenvalue weighted by Gasteiger charge is 2.28. The van der Waals surface area contributed by atoms with Crippen molar-refractivity contribution in [2.45, 2.75) is 31.6 Å². The molecule has 5 rings (SSSR count). The molecule has 1 aromatic heterocycles. The van der Waals surface area contributed by atoms with Gasteiger partial charge < -0.3 is 4.90 Å². The molecule has 1 saturated heterocycles. The molecule has 3 aromatic rings. The highest BCUT2D eigenvalue weighted by atomic mass is 15.1. The number of piperidine rings is 1. The molecule has 3 heteroatoms. The molecule has 128 valence electrons. The Morgan fingerprint density at radius 3 is 2.56 bits per heavy atom. The van der Waals surface area contributed by atoms with Crippen molar-refractivity contribution in [2.75, 3.05) is 19.6 Å². The molecular weight excluding hydrogens is 306 g/mol. The van der Waals surface area contributed by atoms with Gasteiger partial charge >= 0.3 is 0 Å². The van der Waals surface area contributed by atoms with Crippen LogP contribution in [0.5, 0.6) is 0 Å². The van der Waals surface area contributed by atoms with Crippen molar-refractivity contribution < 1.29 is 0 Å². The van der Waals surface area contributed by atoms with Gasteiger partial charge in [0.15, 0.2) is 0 Å². The molecule has 1 aliphatic carbocycles. The van der Waals surface area contributed by atoms with Crippen molar-refractivity contribution >= 4 is 10.8 Å². The smallest absolute Gasteiger partial charge is 0.0568 e. The van der Waals surface area contributed by atoms with Crippen molar-refractivity contribution in [2.24, 2.45) is 5.92 Å². The third kappa shape index (κ3) is 3.09. The quantitative estimate of drug-likeness (QED) is 0.743. The van der Waals surface area contributed by atoms with Gasteiger partial charge in [-0.25, -0.2) is 0 Å². The van der Waals surface area contributed by atoms with Crippen molar-refractivity contribution in [3.8, 4) is 11.1 Å². The minimum Gasteiger partial charge on any atom is -0.303 e. The Labute approximate surface area is 149 Å². The number of rotatable bonds is 4. The average Bonchev–Trinajstić information content (AvgIpc) is 3.34. The highest BCUT2D eigenvalue weighted by Crippen LogP contribution is 2.36. The SMILES string of the molecule is c1ccc2cc(-c3cn[nH]c3C3CCN(CC4CC4)CC3)ccc2c1. The van der Waals surface area contributed by atoms with Crippen LogP contribution in [0, 0.1) is 5.92 Å². The van der Waals surface area contributed by atoms with Crippen molar-refractivity contribution in [3.05, 3.63) is 54.4 Å². The summed E-state index contributed by atoms with van der Waals surface area (Å²) in [6, 6.07) is 15.3. The summed E-state index contributed by atoms with van der Waals surface area (Å²) < 4.78 is 0. The molecule has 0 amide bonds. The predicted octanol–water partition coefficient (Wildman–Crippen LogP) is 4.82. The van der Waals surface area contributed by atoms with Gasteiger partial charge in [-0.3, -0.25) is 5.10 Å². The van der Waals surface area contributed by atoms with E-state index in [1.165, 1.54) is 72.9 Å². The monoisotopic (exact) mass is 331 g/mol. The van der Waals surface area contributed by atoms with Gasteiger partial charge in [0.25, 0.3) is 0 Å². The molecule has 0 unspecified atom stereocenters. The summed E-state index contributed by atoms with van der Waals surface area (Å²) in [5, 5.41) is 10.3. The van der Waals surface area contributed by atoms with E-state index in [0.717, 1.165) is 5.92 Å². The molecule has 0 atom stereocenters. The number of hydrogen-bond donors (Lipinski definition) is 1. The predicted molar refractivity (Wildman–Crippen MR) is 103 cm³/mol. The normalized spacial score (nSPS) is 19.5. The van der Waals surface area contributed by atoms with Gasteiger partial charge in [-0.05, 0) is 67.1 Å². The van der Waals surface area contributed by atoms with Crippen LogP contribution in [0.2, 0.25) is 0 Å². The Bertz CT molecular complexity index is 870. The lowest BCUT2D eigenvalue weighted by Crippen LogP contribution is -2.34. The van der Waals surface area contributed by atoms with Crippen LogP contribution in [0.1, 0.15) is 37.3 Å². The lowest BCUT2D eigenvalue weighted by Gasteiger charge is -2.32. The number of nitrogens with one attached hydrogen (secondary N) is 1. The molecule has 2 aliphatic rings. The fraction of sp³-hybridized carbons (Fsp3) is 0.409. The summed E-state index contributed by atoms with van der Waals surface area (Å²) in [4.78, 5) is 2.67. The summed E-state index contributed by atoms with van der Waals surface area (Å²) in [5.74, 6) is 1.61. The Balaban J connectivity index is 1.38. The number of H-pyrrole nitrogens is 1. The largest absolute Gasteiger partial charge is 0.303 e. The third-order valence-corrected chi connectivity index (χ3v) is 5.94. The topological polar surface area (TPSA) is 31.9 Å². The Morgan fingerprint density at radius 2 is 1.76 bits per heavy atom. The zero-order valence-electron chi connectivity index (χ0n) is 14.6. The Kier molecular flexibility index (Phi) is 3.82. The van der Waals surface area contributed by atoms with Gasteiger partial charge in [-0.15, -0.1) is 0 Å². The first-order chi connectivity index (χ1) is 12.4.